The van der Waals surface area contributed by atoms with Gasteiger partial charge in [0.25, 0.3) is 0 Å². The van der Waals surface area contributed by atoms with E-state index in [9.17, 15) is 4.79 Å². The van der Waals surface area contributed by atoms with E-state index in [1.165, 1.54) is 42.6 Å². The van der Waals surface area contributed by atoms with Gasteiger partial charge in [-0.05, 0) is 78.9 Å². The van der Waals surface area contributed by atoms with Crippen molar-refractivity contribution in [3.63, 3.8) is 0 Å². The molecule has 0 radical (unpaired) electrons. The van der Waals surface area contributed by atoms with E-state index in [1.54, 1.807) is 7.05 Å². The number of nitrogens with zero attached hydrogens (tertiary/aromatic N) is 1. The molecule has 0 saturated carbocycles. The molecule has 166 valence electrons. The van der Waals surface area contributed by atoms with Crippen LogP contribution in [0.4, 0.5) is 10.5 Å². The Morgan fingerprint density at radius 1 is 0.969 bits per heavy atom. The summed E-state index contributed by atoms with van der Waals surface area (Å²) in [5.41, 5.74) is 5.50. The minimum atomic E-state index is -0.224. The van der Waals surface area contributed by atoms with Gasteiger partial charge in [-0.3, -0.25) is 4.90 Å². The van der Waals surface area contributed by atoms with E-state index >= 15 is 0 Å². The van der Waals surface area contributed by atoms with Gasteiger partial charge in [0.1, 0.15) is 12.4 Å². The molecule has 1 heterocycles. The smallest absolute Gasteiger partial charge is 0.318 e. The van der Waals surface area contributed by atoms with E-state index < -0.39 is 0 Å². The molecule has 0 aromatic heterocycles. The van der Waals surface area contributed by atoms with Crippen molar-refractivity contribution in [2.75, 3.05) is 38.6 Å². The van der Waals surface area contributed by atoms with Crippen molar-refractivity contribution < 1.29 is 9.53 Å². The van der Waals surface area contributed by atoms with Crippen molar-refractivity contribution >= 4 is 11.7 Å². The van der Waals surface area contributed by atoms with E-state index in [1.807, 2.05) is 18.2 Å². The van der Waals surface area contributed by atoms with Crippen LogP contribution in [0.5, 0.6) is 5.75 Å². The second kappa shape index (κ2) is 10.8. The largest absolute Gasteiger partial charge is 0.492 e. The third-order valence-electron chi connectivity index (χ3n) is 5.87. The molecule has 0 atom stereocenters. The molecule has 1 aliphatic heterocycles. The molecule has 3 aromatic rings. The number of ether oxygens (including phenoxy) is 1. The van der Waals surface area contributed by atoms with Gasteiger partial charge in [-0.1, -0.05) is 48.5 Å². The Hall–Kier alpha value is -3.31. The van der Waals surface area contributed by atoms with Gasteiger partial charge in [-0.25, -0.2) is 4.79 Å². The maximum atomic E-state index is 11.7. The molecule has 0 unspecified atom stereocenters. The number of hydrogen-bond donors (Lipinski definition) is 2. The fourth-order valence-electron chi connectivity index (χ4n) is 4.14. The summed E-state index contributed by atoms with van der Waals surface area (Å²) in [6, 6.07) is 24.5. The average molecular weight is 430 g/mol. The van der Waals surface area contributed by atoms with Gasteiger partial charge in [0.05, 0.1) is 0 Å². The van der Waals surface area contributed by atoms with Crippen LogP contribution in [0.2, 0.25) is 0 Å². The van der Waals surface area contributed by atoms with E-state index in [0.29, 0.717) is 0 Å². The number of nitrogens with one attached hydrogen (secondary N) is 2. The fraction of sp³-hybridized carbons (Fsp3) is 0.296. The molecule has 0 bridgehead atoms. The molecule has 5 heteroatoms. The van der Waals surface area contributed by atoms with Crippen LogP contribution in [0, 0.1) is 0 Å². The standard InChI is InChI=1S/C27H31N3O2/c1-28-27(31)29-24-9-6-8-23(20-24)26-10-3-2-7-22(26)19-21-11-13-25(14-12-21)32-18-17-30-15-4-5-16-30/h2-3,6-14,20H,4-5,15-19H2,1H3,(H2,28,29,31). The van der Waals surface area contributed by atoms with Crippen LogP contribution >= 0.6 is 0 Å². The van der Waals surface area contributed by atoms with Crippen LogP contribution < -0.4 is 15.4 Å². The number of likely N-dealkylation sites (tertiary alicyclic amines) is 1. The molecule has 2 N–H and O–H groups in total. The number of carbonyl (C=O) groups excluding carboxylic acids is 1. The summed E-state index contributed by atoms with van der Waals surface area (Å²) >= 11 is 0. The highest BCUT2D eigenvalue weighted by Gasteiger charge is 2.11. The van der Waals surface area contributed by atoms with Crippen LogP contribution in [0.1, 0.15) is 24.0 Å². The molecule has 32 heavy (non-hydrogen) atoms. The number of amides is 2. The Bertz CT molecular complexity index is 1030. The molecule has 2 amide bonds. The first kappa shape index (κ1) is 21.9. The van der Waals surface area contributed by atoms with Gasteiger partial charge >= 0.3 is 6.03 Å². The first-order valence-corrected chi connectivity index (χ1v) is 11.3. The van der Waals surface area contributed by atoms with E-state index in [4.69, 9.17) is 4.74 Å². The van der Waals surface area contributed by atoms with Gasteiger partial charge in [-0.2, -0.15) is 0 Å². The molecule has 0 aliphatic carbocycles. The van der Waals surface area contributed by atoms with Gasteiger partial charge in [-0.15, -0.1) is 0 Å². The summed E-state index contributed by atoms with van der Waals surface area (Å²) in [4.78, 5) is 14.1. The molecule has 1 aliphatic rings. The van der Waals surface area contributed by atoms with E-state index in [-0.39, 0.29) is 6.03 Å². The Kier molecular flexibility index (Phi) is 7.41. The topological polar surface area (TPSA) is 53.6 Å². The quantitative estimate of drug-likeness (QED) is 0.519. The van der Waals surface area contributed by atoms with Crippen molar-refractivity contribution in [2.45, 2.75) is 19.3 Å². The number of carbonyl (C=O) groups is 1. The second-order valence-corrected chi connectivity index (χ2v) is 8.16. The second-order valence-electron chi connectivity index (χ2n) is 8.16. The van der Waals surface area contributed by atoms with Gasteiger partial charge in [0.15, 0.2) is 0 Å². The zero-order chi connectivity index (χ0) is 22.2. The zero-order valence-corrected chi connectivity index (χ0v) is 18.6. The maximum Gasteiger partial charge on any atom is 0.318 e. The minimum Gasteiger partial charge on any atom is -0.492 e. The lowest BCUT2D eigenvalue weighted by molar-refractivity contribution is 0.238. The summed E-state index contributed by atoms with van der Waals surface area (Å²) in [6.07, 6.45) is 3.45. The lowest BCUT2D eigenvalue weighted by Gasteiger charge is -2.15. The summed E-state index contributed by atoms with van der Waals surface area (Å²) in [6.45, 7) is 4.14. The summed E-state index contributed by atoms with van der Waals surface area (Å²) < 4.78 is 5.94. The third-order valence-corrected chi connectivity index (χ3v) is 5.87. The molecular formula is C27H31N3O2. The average Bonchev–Trinajstić information content (AvgIpc) is 3.34. The molecule has 0 spiro atoms. The minimum absolute atomic E-state index is 0.224. The third kappa shape index (κ3) is 5.89. The van der Waals surface area contributed by atoms with Crippen LogP contribution in [0.15, 0.2) is 72.8 Å². The van der Waals surface area contributed by atoms with Gasteiger partial charge in [0.2, 0.25) is 0 Å². The number of urea groups is 1. The molecular weight excluding hydrogens is 398 g/mol. The molecule has 1 saturated heterocycles. The Labute approximate surface area is 190 Å². The SMILES string of the molecule is CNC(=O)Nc1cccc(-c2ccccc2Cc2ccc(OCCN3CCCC3)cc2)c1. The van der Waals surface area contributed by atoms with Crippen LogP contribution in [-0.4, -0.2) is 44.2 Å². The monoisotopic (exact) mass is 429 g/mol. The first-order chi connectivity index (χ1) is 15.7. The van der Waals surface area contributed by atoms with Crippen molar-refractivity contribution in [1.29, 1.82) is 0 Å². The maximum absolute atomic E-state index is 11.7. The number of hydrogen-bond acceptors (Lipinski definition) is 3. The first-order valence-electron chi connectivity index (χ1n) is 11.3. The lowest BCUT2D eigenvalue weighted by atomic mass is 9.94. The predicted octanol–water partition coefficient (Wildman–Crippen LogP) is 5.17. The highest BCUT2D eigenvalue weighted by atomic mass is 16.5. The Balaban J connectivity index is 1.42. The summed E-state index contributed by atoms with van der Waals surface area (Å²) in [5, 5.41) is 5.43. The molecule has 4 rings (SSSR count). The molecule has 3 aromatic carbocycles. The van der Waals surface area contributed by atoms with Crippen LogP contribution in [0.3, 0.4) is 0 Å². The zero-order valence-electron chi connectivity index (χ0n) is 18.6. The van der Waals surface area contributed by atoms with Crippen molar-refractivity contribution in [1.82, 2.24) is 10.2 Å². The van der Waals surface area contributed by atoms with E-state index in [2.05, 4.69) is 70.1 Å². The Morgan fingerprint density at radius 2 is 1.75 bits per heavy atom. The lowest BCUT2D eigenvalue weighted by Crippen LogP contribution is -2.25. The highest BCUT2D eigenvalue weighted by molar-refractivity contribution is 5.90. The van der Waals surface area contributed by atoms with E-state index in [0.717, 1.165) is 36.6 Å². The highest BCUT2D eigenvalue weighted by Crippen LogP contribution is 2.28. The summed E-state index contributed by atoms with van der Waals surface area (Å²) in [7, 11) is 1.61. The number of anilines is 1. The molecule has 5 nitrogen and oxygen atoms in total. The fourth-order valence-corrected chi connectivity index (χ4v) is 4.14. The Morgan fingerprint density at radius 3 is 2.53 bits per heavy atom. The number of benzene rings is 3. The van der Waals surface area contributed by atoms with Crippen molar-refractivity contribution in [3.8, 4) is 16.9 Å². The van der Waals surface area contributed by atoms with Gasteiger partial charge < -0.3 is 15.4 Å². The van der Waals surface area contributed by atoms with Crippen molar-refractivity contribution in [3.05, 3.63) is 83.9 Å². The normalized spacial score (nSPS) is 13.7. The van der Waals surface area contributed by atoms with Crippen LogP contribution in [0.25, 0.3) is 11.1 Å². The summed E-state index contributed by atoms with van der Waals surface area (Å²) in [5.74, 6) is 0.925. The van der Waals surface area contributed by atoms with Gasteiger partial charge in [0, 0.05) is 19.3 Å². The van der Waals surface area contributed by atoms with Crippen molar-refractivity contribution in [2.24, 2.45) is 0 Å². The predicted molar refractivity (Wildman–Crippen MR) is 130 cm³/mol. The van der Waals surface area contributed by atoms with Crippen LogP contribution in [-0.2, 0) is 6.42 Å². The molecule has 1 fully saturated rings. The number of rotatable bonds is 8.